The molecule has 0 aliphatic carbocycles. The van der Waals surface area contributed by atoms with E-state index in [9.17, 15) is 31.1 Å². The van der Waals surface area contributed by atoms with E-state index in [1.54, 1.807) is 12.1 Å². The van der Waals surface area contributed by atoms with Gasteiger partial charge >= 0.3 is 6.18 Å². The third-order valence-corrected chi connectivity index (χ3v) is 4.61. The van der Waals surface area contributed by atoms with Crippen LogP contribution >= 0.6 is 0 Å². The average molecular weight is 450 g/mol. The molecular formula is C21H12F6N4O. The van der Waals surface area contributed by atoms with E-state index in [2.05, 4.69) is 10.3 Å². The number of imidazole rings is 1. The number of nitrogens with one attached hydrogen (secondary N) is 1. The molecule has 1 aromatic heterocycles. The first-order chi connectivity index (χ1) is 15.1. The summed E-state index contributed by atoms with van der Waals surface area (Å²) in [6.07, 6.45) is -4.74. The van der Waals surface area contributed by atoms with Crippen molar-refractivity contribution in [1.82, 2.24) is 9.55 Å². The highest BCUT2D eigenvalue weighted by Crippen LogP contribution is 2.34. The number of carbonyl (C=O) groups is 1. The second kappa shape index (κ2) is 7.59. The standard InChI is InChI=1S/C21H12F6N4O/c22-12-9-13(28)18(24)16(17(12)23)19(32)29-10-5-7-11(8-6-10)31-15-4-2-1-3-14(15)30-20(31)21(25,26)27/h1-9H,28H2,(H,29,32). The lowest BCUT2D eigenvalue weighted by Crippen LogP contribution is -2.18. The van der Waals surface area contributed by atoms with Crippen LogP contribution < -0.4 is 11.1 Å². The minimum absolute atomic E-state index is 0.00152. The first-order valence-corrected chi connectivity index (χ1v) is 8.97. The number of halogens is 6. The Morgan fingerprint density at radius 1 is 0.969 bits per heavy atom. The maximum Gasteiger partial charge on any atom is 0.450 e. The van der Waals surface area contributed by atoms with Crippen molar-refractivity contribution in [2.45, 2.75) is 6.18 Å². The average Bonchev–Trinajstić information content (AvgIpc) is 3.13. The molecule has 164 valence electrons. The maximum atomic E-state index is 14.0. The van der Waals surface area contributed by atoms with Gasteiger partial charge in [-0.1, -0.05) is 12.1 Å². The molecule has 0 aliphatic heterocycles. The van der Waals surface area contributed by atoms with Crippen LogP contribution in [-0.2, 0) is 6.18 Å². The number of amides is 1. The molecule has 0 bridgehead atoms. The molecule has 5 nitrogen and oxygen atoms in total. The van der Waals surface area contributed by atoms with Crippen molar-refractivity contribution in [3.8, 4) is 5.69 Å². The Morgan fingerprint density at radius 2 is 1.62 bits per heavy atom. The fraction of sp³-hybridized carbons (Fsp3) is 0.0476. The van der Waals surface area contributed by atoms with Crippen LogP contribution in [0.3, 0.4) is 0 Å². The highest BCUT2D eigenvalue weighted by molar-refractivity contribution is 6.05. The minimum atomic E-state index is -4.74. The fourth-order valence-corrected chi connectivity index (χ4v) is 3.19. The van der Waals surface area contributed by atoms with Crippen LogP contribution in [0.5, 0.6) is 0 Å². The molecule has 3 N–H and O–H groups in total. The SMILES string of the molecule is Nc1cc(F)c(F)c(C(=O)Nc2ccc(-n3c(C(F)(F)F)nc4ccccc43)cc2)c1F. The van der Waals surface area contributed by atoms with Gasteiger partial charge in [0.05, 0.1) is 16.7 Å². The first kappa shape index (κ1) is 21.2. The number of fused-ring (bicyclic) bond motifs is 1. The number of nitrogens with zero attached hydrogens (tertiary/aromatic N) is 2. The summed E-state index contributed by atoms with van der Waals surface area (Å²) in [5, 5.41) is 2.16. The molecule has 0 unspecified atom stereocenters. The van der Waals surface area contributed by atoms with Gasteiger partial charge in [-0.25, -0.2) is 18.2 Å². The van der Waals surface area contributed by atoms with Gasteiger partial charge in [0, 0.05) is 17.4 Å². The van der Waals surface area contributed by atoms with Crippen molar-refractivity contribution in [3.63, 3.8) is 0 Å². The van der Waals surface area contributed by atoms with E-state index in [4.69, 9.17) is 5.73 Å². The first-order valence-electron chi connectivity index (χ1n) is 8.97. The molecule has 11 heteroatoms. The summed E-state index contributed by atoms with van der Waals surface area (Å²) < 4.78 is 82.8. The van der Waals surface area contributed by atoms with Crippen molar-refractivity contribution < 1.29 is 31.1 Å². The Morgan fingerprint density at radius 3 is 2.28 bits per heavy atom. The summed E-state index contributed by atoms with van der Waals surface area (Å²) in [7, 11) is 0. The molecule has 32 heavy (non-hydrogen) atoms. The number of benzene rings is 3. The van der Waals surface area contributed by atoms with E-state index in [0.717, 1.165) is 4.57 Å². The summed E-state index contributed by atoms with van der Waals surface area (Å²) in [6.45, 7) is 0. The Kier molecular flexibility index (Phi) is 5.03. The van der Waals surface area contributed by atoms with Crippen LogP contribution in [-0.4, -0.2) is 15.5 Å². The summed E-state index contributed by atoms with van der Waals surface area (Å²) in [5.74, 6) is -7.11. The number of carbonyl (C=O) groups excluding carboxylic acids is 1. The van der Waals surface area contributed by atoms with Crippen molar-refractivity contribution >= 4 is 28.3 Å². The zero-order valence-corrected chi connectivity index (χ0v) is 15.8. The quantitative estimate of drug-likeness (QED) is 0.253. The van der Waals surface area contributed by atoms with Gasteiger partial charge in [0.25, 0.3) is 5.91 Å². The number of nitrogen functional groups attached to an aromatic ring is 1. The number of hydrogen-bond donors (Lipinski definition) is 2. The number of aromatic nitrogens is 2. The third kappa shape index (κ3) is 3.61. The van der Waals surface area contributed by atoms with Crippen LogP contribution in [0, 0.1) is 17.5 Å². The van der Waals surface area contributed by atoms with E-state index in [1.807, 2.05) is 0 Å². The predicted octanol–water partition coefficient (Wildman–Crippen LogP) is 5.30. The number of hydrogen-bond acceptors (Lipinski definition) is 3. The molecule has 1 heterocycles. The lowest BCUT2D eigenvalue weighted by atomic mass is 10.1. The van der Waals surface area contributed by atoms with Gasteiger partial charge in [0.15, 0.2) is 17.5 Å². The van der Waals surface area contributed by atoms with Gasteiger partial charge < -0.3 is 11.1 Å². The Hall–Kier alpha value is -4.02. The van der Waals surface area contributed by atoms with Gasteiger partial charge in [-0.2, -0.15) is 13.2 Å². The fourth-order valence-electron chi connectivity index (χ4n) is 3.19. The third-order valence-electron chi connectivity index (χ3n) is 4.61. The van der Waals surface area contributed by atoms with Crippen LogP contribution in [0.25, 0.3) is 16.7 Å². The van der Waals surface area contributed by atoms with Gasteiger partial charge in [0.1, 0.15) is 5.56 Å². The molecule has 0 spiro atoms. The Balaban J connectivity index is 1.70. The molecule has 0 atom stereocenters. The summed E-state index contributed by atoms with van der Waals surface area (Å²) >= 11 is 0. The Bertz CT molecular complexity index is 1320. The van der Waals surface area contributed by atoms with E-state index < -0.39 is 46.6 Å². The van der Waals surface area contributed by atoms with Crippen LogP contribution in [0.1, 0.15) is 16.2 Å². The molecule has 0 radical (unpaired) electrons. The highest BCUT2D eigenvalue weighted by atomic mass is 19.4. The van der Waals surface area contributed by atoms with Gasteiger partial charge in [-0.3, -0.25) is 9.36 Å². The molecule has 0 saturated heterocycles. The second-order valence-corrected chi connectivity index (χ2v) is 6.71. The predicted molar refractivity (Wildman–Crippen MR) is 105 cm³/mol. The number of nitrogens with two attached hydrogens (primary N) is 1. The van der Waals surface area contributed by atoms with Gasteiger partial charge in [0.2, 0.25) is 5.82 Å². The Labute approximate surface area is 176 Å². The highest BCUT2D eigenvalue weighted by Gasteiger charge is 2.38. The zero-order chi connectivity index (χ0) is 23.2. The van der Waals surface area contributed by atoms with Crippen LogP contribution in [0.2, 0.25) is 0 Å². The normalized spacial score (nSPS) is 11.7. The summed E-state index contributed by atoms with van der Waals surface area (Å²) in [6, 6.07) is 11.4. The monoisotopic (exact) mass is 450 g/mol. The molecular weight excluding hydrogens is 438 g/mol. The van der Waals surface area contributed by atoms with E-state index in [0.29, 0.717) is 6.07 Å². The maximum absolute atomic E-state index is 14.0. The van der Waals surface area contributed by atoms with Crippen molar-refractivity contribution in [2.24, 2.45) is 0 Å². The molecule has 1 amide bonds. The van der Waals surface area contributed by atoms with Crippen LogP contribution in [0.4, 0.5) is 37.7 Å². The second-order valence-electron chi connectivity index (χ2n) is 6.71. The number of rotatable bonds is 3. The molecule has 4 rings (SSSR count). The number of alkyl halides is 3. The topological polar surface area (TPSA) is 72.9 Å². The smallest absolute Gasteiger partial charge is 0.396 e. The molecule has 0 fully saturated rings. The largest absolute Gasteiger partial charge is 0.450 e. The van der Waals surface area contributed by atoms with Crippen molar-refractivity contribution in [1.29, 1.82) is 0 Å². The number of para-hydroxylation sites is 2. The lowest BCUT2D eigenvalue weighted by molar-refractivity contribution is -0.145. The molecule has 3 aromatic carbocycles. The number of anilines is 2. The molecule has 0 saturated carbocycles. The lowest BCUT2D eigenvalue weighted by Gasteiger charge is -2.13. The van der Waals surface area contributed by atoms with Gasteiger partial charge in [-0.15, -0.1) is 0 Å². The van der Waals surface area contributed by atoms with E-state index in [-0.39, 0.29) is 22.4 Å². The van der Waals surface area contributed by atoms with Crippen LogP contribution in [0.15, 0.2) is 54.6 Å². The van der Waals surface area contributed by atoms with Gasteiger partial charge in [-0.05, 0) is 36.4 Å². The minimum Gasteiger partial charge on any atom is -0.396 e. The molecule has 4 aromatic rings. The van der Waals surface area contributed by atoms with E-state index in [1.165, 1.54) is 36.4 Å². The van der Waals surface area contributed by atoms with Crippen molar-refractivity contribution in [3.05, 3.63) is 83.4 Å². The van der Waals surface area contributed by atoms with Crippen molar-refractivity contribution in [2.75, 3.05) is 11.1 Å². The van der Waals surface area contributed by atoms with E-state index >= 15 is 0 Å². The summed E-state index contributed by atoms with van der Waals surface area (Å²) in [4.78, 5) is 15.9. The molecule has 0 aliphatic rings. The zero-order valence-electron chi connectivity index (χ0n) is 15.8. The summed E-state index contributed by atoms with van der Waals surface area (Å²) in [5.41, 5.74) is 3.67.